The van der Waals surface area contributed by atoms with Crippen molar-refractivity contribution in [3.8, 4) is 0 Å². The maximum absolute atomic E-state index is 7.57. The lowest BCUT2D eigenvalue weighted by Crippen LogP contribution is -2.35. The Morgan fingerprint density at radius 1 is 1.40 bits per heavy atom. The summed E-state index contributed by atoms with van der Waals surface area (Å²) >= 11 is 0. The summed E-state index contributed by atoms with van der Waals surface area (Å²) in [6.45, 7) is 10.1. The second kappa shape index (κ2) is 2.85. The van der Waals surface area contributed by atoms with Gasteiger partial charge in [-0.2, -0.15) is 0 Å². The van der Waals surface area contributed by atoms with E-state index in [-0.39, 0.29) is 11.5 Å². The quantitative estimate of drug-likeness (QED) is 0.602. The molecule has 3 N–H and O–H groups in total. The first-order chi connectivity index (χ1) is 6.89. The summed E-state index contributed by atoms with van der Waals surface area (Å²) in [6.07, 6.45) is 1.77. The Bertz CT molecular complexity index is 435. The first-order valence-corrected chi connectivity index (χ1v) is 4.79. The van der Waals surface area contributed by atoms with Crippen LogP contribution in [0.15, 0.2) is 12.9 Å². The highest BCUT2D eigenvalue weighted by Gasteiger charge is 2.25. The van der Waals surface area contributed by atoms with Crippen LogP contribution in [0.5, 0.6) is 0 Å². The van der Waals surface area contributed by atoms with Crippen molar-refractivity contribution in [1.29, 1.82) is 5.41 Å². The highest BCUT2D eigenvalue weighted by atomic mass is 15.3. The summed E-state index contributed by atoms with van der Waals surface area (Å²) in [6, 6.07) is 0. The van der Waals surface area contributed by atoms with Crippen LogP contribution in [0.1, 0.15) is 26.5 Å². The molecule has 0 aliphatic carbocycles. The topological polar surface area (TPSA) is 65.7 Å². The van der Waals surface area contributed by atoms with Crippen LogP contribution in [-0.2, 0) is 5.54 Å². The Balaban J connectivity index is 2.55. The number of hydrogen-bond acceptors (Lipinski definition) is 2. The molecule has 0 radical (unpaired) electrons. The molecule has 0 fully saturated rings. The monoisotopic (exact) mass is 205 g/mol. The number of anilines is 1. The third-order valence-corrected chi connectivity index (χ3v) is 2.30. The van der Waals surface area contributed by atoms with Crippen molar-refractivity contribution in [2.24, 2.45) is 0 Å². The molecule has 0 bridgehead atoms. The number of guanidine groups is 1. The zero-order chi connectivity index (χ0) is 11.2. The fourth-order valence-corrected chi connectivity index (χ4v) is 1.56. The normalized spacial score (nSPS) is 15.7. The second-order valence-corrected chi connectivity index (χ2v) is 4.59. The van der Waals surface area contributed by atoms with Gasteiger partial charge in [-0.3, -0.25) is 5.41 Å². The highest BCUT2D eigenvalue weighted by Crippen LogP contribution is 2.28. The number of rotatable bonds is 0. The molecule has 0 amide bonds. The highest BCUT2D eigenvalue weighted by molar-refractivity contribution is 6.02. The van der Waals surface area contributed by atoms with Gasteiger partial charge in [-0.1, -0.05) is 6.58 Å². The fourth-order valence-electron chi connectivity index (χ4n) is 1.56. The number of nitrogens with zero attached hydrogens (tertiary/aromatic N) is 2. The Morgan fingerprint density at radius 2 is 2.07 bits per heavy atom. The van der Waals surface area contributed by atoms with Crippen molar-refractivity contribution >= 4 is 17.5 Å². The van der Waals surface area contributed by atoms with Gasteiger partial charge < -0.3 is 15.2 Å². The Kier molecular flexibility index (Phi) is 1.86. The molecule has 0 unspecified atom stereocenters. The Hall–Kier alpha value is -1.78. The molecule has 0 aromatic carbocycles. The number of imidazole rings is 1. The average Bonchev–Trinajstić information content (AvgIpc) is 2.45. The lowest BCUT2D eigenvalue weighted by atomic mass is 10.1. The number of fused-ring (bicyclic) bond motifs is 1. The van der Waals surface area contributed by atoms with Gasteiger partial charge in [0.1, 0.15) is 11.5 Å². The van der Waals surface area contributed by atoms with Crippen LogP contribution in [0.2, 0.25) is 0 Å². The minimum absolute atomic E-state index is 0.0640. The maximum atomic E-state index is 7.57. The van der Waals surface area contributed by atoms with E-state index >= 15 is 0 Å². The van der Waals surface area contributed by atoms with E-state index in [9.17, 15) is 0 Å². The first kappa shape index (κ1) is 9.76. The minimum atomic E-state index is -0.0640. The van der Waals surface area contributed by atoms with Crippen LogP contribution in [0.25, 0.3) is 5.70 Å². The molecule has 0 saturated heterocycles. The molecular formula is C10H15N5. The number of nitrogens with one attached hydrogen (secondary N) is 3. The summed E-state index contributed by atoms with van der Waals surface area (Å²) in [7, 11) is 0. The molecule has 5 nitrogen and oxygen atoms in total. The molecular weight excluding hydrogens is 190 g/mol. The van der Waals surface area contributed by atoms with E-state index in [1.165, 1.54) is 0 Å². The van der Waals surface area contributed by atoms with Gasteiger partial charge in [0.2, 0.25) is 0 Å². The predicted molar refractivity (Wildman–Crippen MR) is 60.7 cm³/mol. The van der Waals surface area contributed by atoms with Gasteiger partial charge >= 0.3 is 0 Å². The average molecular weight is 205 g/mol. The molecule has 1 aromatic rings. The van der Waals surface area contributed by atoms with Gasteiger partial charge in [-0.25, -0.2) is 4.98 Å². The molecule has 2 rings (SSSR count). The van der Waals surface area contributed by atoms with Gasteiger partial charge in [0.05, 0.1) is 12.0 Å². The standard InChI is InChI=1S/C10H15N5/c1-6-7-8(14-9(11)13-6)15(5-12-7)10(2,3)4/h5H,1H2,2-4H3,(H3,11,13,14). The van der Waals surface area contributed by atoms with Crippen molar-refractivity contribution < 1.29 is 0 Å². The van der Waals surface area contributed by atoms with Crippen LogP contribution in [0.3, 0.4) is 0 Å². The van der Waals surface area contributed by atoms with Crippen molar-refractivity contribution in [3.05, 3.63) is 18.6 Å². The third kappa shape index (κ3) is 1.49. The summed E-state index contributed by atoms with van der Waals surface area (Å²) in [5.41, 5.74) is 1.38. The predicted octanol–water partition coefficient (Wildman–Crippen LogP) is 1.56. The van der Waals surface area contributed by atoms with Gasteiger partial charge in [-0.05, 0) is 20.8 Å². The molecule has 1 aliphatic heterocycles. The molecule has 5 heteroatoms. The zero-order valence-corrected chi connectivity index (χ0v) is 9.18. The van der Waals surface area contributed by atoms with Crippen LogP contribution in [0, 0.1) is 5.41 Å². The third-order valence-electron chi connectivity index (χ3n) is 2.30. The fraction of sp³-hybridized carbons (Fsp3) is 0.400. The molecule has 0 saturated carbocycles. The van der Waals surface area contributed by atoms with Gasteiger partial charge in [0.25, 0.3) is 0 Å². The molecule has 0 atom stereocenters. The van der Waals surface area contributed by atoms with E-state index in [0.717, 1.165) is 11.5 Å². The van der Waals surface area contributed by atoms with E-state index < -0.39 is 0 Å². The zero-order valence-electron chi connectivity index (χ0n) is 9.18. The van der Waals surface area contributed by atoms with E-state index in [1.807, 2.05) is 4.57 Å². The van der Waals surface area contributed by atoms with Crippen LogP contribution < -0.4 is 10.6 Å². The molecule has 15 heavy (non-hydrogen) atoms. The van der Waals surface area contributed by atoms with Crippen LogP contribution >= 0.6 is 0 Å². The summed E-state index contributed by atoms with van der Waals surface area (Å²) in [5, 5.41) is 13.3. The second-order valence-electron chi connectivity index (χ2n) is 4.59. The summed E-state index contributed by atoms with van der Waals surface area (Å²) in [4.78, 5) is 4.28. The van der Waals surface area contributed by atoms with Gasteiger partial charge in [-0.15, -0.1) is 0 Å². The lowest BCUT2D eigenvalue weighted by molar-refractivity contribution is 0.401. The van der Waals surface area contributed by atoms with E-state index in [1.54, 1.807) is 6.33 Å². The van der Waals surface area contributed by atoms with Crippen molar-refractivity contribution in [1.82, 2.24) is 14.9 Å². The van der Waals surface area contributed by atoms with E-state index in [4.69, 9.17) is 5.41 Å². The molecule has 2 heterocycles. The Labute approximate surface area is 88.7 Å². The van der Waals surface area contributed by atoms with Crippen LogP contribution in [-0.4, -0.2) is 15.5 Å². The molecule has 1 aliphatic rings. The first-order valence-electron chi connectivity index (χ1n) is 4.79. The minimum Gasteiger partial charge on any atom is -0.325 e. The molecule has 0 spiro atoms. The summed E-state index contributed by atoms with van der Waals surface area (Å²) in [5.74, 6) is 1.06. The van der Waals surface area contributed by atoms with E-state index in [0.29, 0.717) is 5.70 Å². The van der Waals surface area contributed by atoms with E-state index in [2.05, 4.69) is 43.0 Å². The Morgan fingerprint density at radius 3 is 2.67 bits per heavy atom. The molecule has 1 aromatic heterocycles. The van der Waals surface area contributed by atoms with Crippen molar-refractivity contribution in [3.63, 3.8) is 0 Å². The van der Waals surface area contributed by atoms with Gasteiger partial charge in [0, 0.05) is 5.54 Å². The smallest absolute Gasteiger partial charge is 0.198 e. The maximum Gasteiger partial charge on any atom is 0.198 e. The van der Waals surface area contributed by atoms with Crippen molar-refractivity contribution in [2.75, 3.05) is 5.32 Å². The number of hydrogen-bond donors (Lipinski definition) is 3. The van der Waals surface area contributed by atoms with Crippen molar-refractivity contribution in [2.45, 2.75) is 26.3 Å². The number of aromatic nitrogens is 2. The lowest BCUT2D eigenvalue weighted by Gasteiger charge is -2.27. The molecule has 80 valence electrons. The summed E-state index contributed by atoms with van der Waals surface area (Å²) < 4.78 is 2.00. The van der Waals surface area contributed by atoms with Crippen LogP contribution in [0.4, 0.5) is 5.82 Å². The largest absolute Gasteiger partial charge is 0.325 e. The van der Waals surface area contributed by atoms with Gasteiger partial charge in [0.15, 0.2) is 5.96 Å². The SMILES string of the molecule is C=C1NC(=N)Nc2c1ncn2C(C)(C)C.